The summed E-state index contributed by atoms with van der Waals surface area (Å²) < 4.78 is 0. The zero-order valence-corrected chi connectivity index (χ0v) is 12.2. The Kier molecular flexibility index (Phi) is 3.43. The van der Waals surface area contributed by atoms with E-state index in [1.165, 1.54) is 37.4 Å². The standard InChI is InChI=1S/C14H23N3S/c1-11(13-15-7-9-18-13)17-8-3-6-16-14(2,10-17)12-4-5-12/h7,9,11-12,16H,3-6,8,10H2,1-2H3. The molecular formula is C14H23N3S. The van der Waals surface area contributed by atoms with Crippen molar-refractivity contribution in [1.29, 1.82) is 0 Å². The molecular weight excluding hydrogens is 242 g/mol. The molecule has 0 radical (unpaired) electrons. The molecule has 3 rings (SSSR count). The second-order valence-corrected chi connectivity index (χ2v) is 6.92. The molecule has 2 fully saturated rings. The fourth-order valence-corrected chi connectivity index (χ4v) is 3.86. The van der Waals surface area contributed by atoms with Gasteiger partial charge < -0.3 is 5.32 Å². The molecule has 0 bridgehead atoms. The Labute approximate surface area is 114 Å². The van der Waals surface area contributed by atoms with E-state index in [2.05, 4.69) is 34.4 Å². The van der Waals surface area contributed by atoms with Gasteiger partial charge in [-0.25, -0.2) is 4.98 Å². The first-order valence-corrected chi connectivity index (χ1v) is 7.95. The molecule has 1 aliphatic heterocycles. The Morgan fingerprint density at radius 1 is 1.56 bits per heavy atom. The van der Waals surface area contributed by atoms with Crippen LogP contribution in [-0.4, -0.2) is 35.1 Å². The minimum atomic E-state index is 0.321. The van der Waals surface area contributed by atoms with E-state index in [0.717, 1.165) is 12.5 Å². The van der Waals surface area contributed by atoms with Crippen molar-refractivity contribution in [3.05, 3.63) is 16.6 Å². The molecule has 1 saturated carbocycles. The SMILES string of the molecule is CC(c1nccs1)N1CCCNC(C)(C2CC2)C1. The topological polar surface area (TPSA) is 28.2 Å². The monoisotopic (exact) mass is 265 g/mol. The summed E-state index contributed by atoms with van der Waals surface area (Å²) in [5.41, 5.74) is 0.321. The highest BCUT2D eigenvalue weighted by Gasteiger charge is 2.43. The predicted octanol–water partition coefficient (Wildman–Crippen LogP) is 2.67. The molecule has 1 aliphatic carbocycles. The van der Waals surface area contributed by atoms with Crippen LogP contribution in [0.1, 0.15) is 44.2 Å². The maximum absolute atomic E-state index is 4.49. The molecule has 1 aromatic heterocycles. The molecule has 1 saturated heterocycles. The largest absolute Gasteiger partial charge is 0.310 e. The molecule has 4 heteroatoms. The van der Waals surface area contributed by atoms with Crippen LogP contribution < -0.4 is 5.32 Å². The van der Waals surface area contributed by atoms with Crippen molar-refractivity contribution in [1.82, 2.24) is 15.2 Å². The molecule has 3 nitrogen and oxygen atoms in total. The van der Waals surface area contributed by atoms with Crippen molar-refractivity contribution in [2.24, 2.45) is 5.92 Å². The Bertz CT molecular complexity index is 388. The second-order valence-electron chi connectivity index (χ2n) is 5.99. The highest BCUT2D eigenvalue weighted by molar-refractivity contribution is 7.09. The third kappa shape index (κ3) is 2.46. The minimum Gasteiger partial charge on any atom is -0.310 e. The van der Waals surface area contributed by atoms with Crippen molar-refractivity contribution in [3.8, 4) is 0 Å². The van der Waals surface area contributed by atoms with Crippen LogP contribution in [0.4, 0.5) is 0 Å². The fraction of sp³-hybridized carbons (Fsp3) is 0.786. The number of hydrogen-bond acceptors (Lipinski definition) is 4. The van der Waals surface area contributed by atoms with E-state index in [9.17, 15) is 0 Å². The summed E-state index contributed by atoms with van der Waals surface area (Å²) >= 11 is 1.78. The molecule has 100 valence electrons. The first-order valence-electron chi connectivity index (χ1n) is 7.07. The van der Waals surface area contributed by atoms with E-state index in [0.29, 0.717) is 11.6 Å². The summed E-state index contributed by atoms with van der Waals surface area (Å²) in [6, 6.07) is 0.461. The maximum atomic E-state index is 4.49. The Morgan fingerprint density at radius 3 is 3.06 bits per heavy atom. The van der Waals surface area contributed by atoms with E-state index >= 15 is 0 Å². The third-order valence-corrected chi connectivity index (χ3v) is 5.46. The van der Waals surface area contributed by atoms with Crippen LogP contribution in [0.2, 0.25) is 0 Å². The summed E-state index contributed by atoms with van der Waals surface area (Å²) in [5, 5.41) is 7.14. The van der Waals surface area contributed by atoms with Gasteiger partial charge in [-0.1, -0.05) is 0 Å². The molecule has 0 amide bonds. The van der Waals surface area contributed by atoms with Crippen LogP contribution in [-0.2, 0) is 0 Å². The van der Waals surface area contributed by atoms with Crippen LogP contribution >= 0.6 is 11.3 Å². The van der Waals surface area contributed by atoms with E-state index in [-0.39, 0.29) is 0 Å². The van der Waals surface area contributed by atoms with Gasteiger partial charge in [0.25, 0.3) is 0 Å². The van der Waals surface area contributed by atoms with Gasteiger partial charge in [-0.2, -0.15) is 0 Å². The molecule has 2 heterocycles. The second kappa shape index (κ2) is 4.91. The zero-order valence-electron chi connectivity index (χ0n) is 11.4. The number of aromatic nitrogens is 1. The van der Waals surface area contributed by atoms with E-state index in [1.54, 1.807) is 11.3 Å². The molecule has 1 N–H and O–H groups in total. The highest BCUT2D eigenvalue weighted by Crippen LogP contribution is 2.41. The van der Waals surface area contributed by atoms with Crippen LogP contribution in [0.3, 0.4) is 0 Å². The first kappa shape index (κ1) is 12.6. The van der Waals surface area contributed by atoms with Gasteiger partial charge in [0.2, 0.25) is 0 Å². The molecule has 2 unspecified atom stereocenters. The lowest BCUT2D eigenvalue weighted by Crippen LogP contribution is -2.51. The first-order chi connectivity index (χ1) is 8.69. The van der Waals surface area contributed by atoms with E-state index in [1.807, 2.05) is 6.20 Å². The Morgan fingerprint density at radius 2 is 2.39 bits per heavy atom. The summed E-state index contributed by atoms with van der Waals surface area (Å²) in [6.45, 7) is 8.23. The Balaban J connectivity index is 1.74. The van der Waals surface area contributed by atoms with Gasteiger partial charge in [-0.3, -0.25) is 4.90 Å². The predicted molar refractivity (Wildman–Crippen MR) is 75.9 cm³/mol. The average Bonchev–Trinajstić information content (AvgIpc) is 3.12. The third-order valence-electron chi connectivity index (χ3n) is 4.52. The lowest BCUT2D eigenvalue weighted by atomic mass is 9.95. The summed E-state index contributed by atoms with van der Waals surface area (Å²) in [5.74, 6) is 0.890. The lowest BCUT2D eigenvalue weighted by molar-refractivity contribution is 0.159. The number of nitrogens with one attached hydrogen (secondary N) is 1. The number of nitrogens with zero attached hydrogens (tertiary/aromatic N) is 2. The minimum absolute atomic E-state index is 0.321. The molecule has 0 aromatic carbocycles. The normalized spacial score (nSPS) is 32.1. The average molecular weight is 265 g/mol. The van der Waals surface area contributed by atoms with Crippen molar-refractivity contribution in [2.75, 3.05) is 19.6 Å². The molecule has 18 heavy (non-hydrogen) atoms. The zero-order chi connectivity index (χ0) is 12.6. The molecule has 2 atom stereocenters. The number of rotatable bonds is 3. The smallest absolute Gasteiger partial charge is 0.109 e. The highest BCUT2D eigenvalue weighted by atomic mass is 32.1. The van der Waals surface area contributed by atoms with Gasteiger partial charge in [0.05, 0.1) is 6.04 Å². The van der Waals surface area contributed by atoms with Crippen molar-refractivity contribution in [3.63, 3.8) is 0 Å². The fourth-order valence-electron chi connectivity index (χ4n) is 3.13. The lowest BCUT2D eigenvalue weighted by Gasteiger charge is -2.36. The maximum Gasteiger partial charge on any atom is 0.109 e. The molecule has 1 aromatic rings. The quantitative estimate of drug-likeness (QED) is 0.911. The van der Waals surface area contributed by atoms with Crippen LogP contribution in [0, 0.1) is 5.92 Å². The van der Waals surface area contributed by atoms with Crippen LogP contribution in [0.15, 0.2) is 11.6 Å². The van der Waals surface area contributed by atoms with E-state index in [4.69, 9.17) is 0 Å². The van der Waals surface area contributed by atoms with Gasteiger partial charge in [0.1, 0.15) is 5.01 Å². The van der Waals surface area contributed by atoms with Crippen molar-refractivity contribution < 1.29 is 0 Å². The van der Waals surface area contributed by atoms with Gasteiger partial charge in [0, 0.05) is 30.2 Å². The summed E-state index contributed by atoms with van der Waals surface area (Å²) in [4.78, 5) is 7.11. The van der Waals surface area contributed by atoms with E-state index < -0.39 is 0 Å². The van der Waals surface area contributed by atoms with Gasteiger partial charge >= 0.3 is 0 Å². The number of hydrogen-bond donors (Lipinski definition) is 1. The molecule has 2 aliphatic rings. The van der Waals surface area contributed by atoms with Gasteiger partial charge in [-0.15, -0.1) is 11.3 Å². The van der Waals surface area contributed by atoms with Gasteiger partial charge in [-0.05, 0) is 45.6 Å². The van der Waals surface area contributed by atoms with Crippen molar-refractivity contribution in [2.45, 2.75) is 44.7 Å². The van der Waals surface area contributed by atoms with Crippen LogP contribution in [0.5, 0.6) is 0 Å². The van der Waals surface area contributed by atoms with Crippen LogP contribution in [0.25, 0.3) is 0 Å². The summed E-state index contributed by atoms with van der Waals surface area (Å²) in [6.07, 6.45) is 5.98. The van der Waals surface area contributed by atoms with Crippen molar-refractivity contribution >= 4 is 11.3 Å². The van der Waals surface area contributed by atoms with Gasteiger partial charge in [0.15, 0.2) is 0 Å². The number of thiazole rings is 1. The Hall–Kier alpha value is -0.450. The summed E-state index contributed by atoms with van der Waals surface area (Å²) in [7, 11) is 0. The molecule has 0 spiro atoms.